The van der Waals surface area contributed by atoms with Crippen molar-refractivity contribution in [1.29, 1.82) is 0 Å². The van der Waals surface area contributed by atoms with Crippen molar-refractivity contribution in [2.75, 3.05) is 13.2 Å². The molecule has 72 heavy (non-hydrogen) atoms. The molecule has 0 heterocycles. The van der Waals surface area contributed by atoms with Gasteiger partial charge >= 0.3 is 17.9 Å². The zero-order valence-electron chi connectivity index (χ0n) is 47.4. The van der Waals surface area contributed by atoms with Gasteiger partial charge in [0.2, 0.25) is 0 Å². The topological polar surface area (TPSA) is 78.9 Å². The molecule has 0 spiro atoms. The van der Waals surface area contributed by atoms with Gasteiger partial charge < -0.3 is 14.2 Å². The molecule has 1 unspecified atom stereocenters. The molecular formula is C66H114O6. The van der Waals surface area contributed by atoms with E-state index in [1.54, 1.807) is 0 Å². The number of rotatable bonds is 55. The van der Waals surface area contributed by atoms with Gasteiger partial charge in [0.1, 0.15) is 13.2 Å². The summed E-state index contributed by atoms with van der Waals surface area (Å²) in [6.07, 6.45) is 78.7. The molecule has 0 aliphatic carbocycles. The molecule has 1 atom stereocenters. The van der Waals surface area contributed by atoms with Crippen LogP contribution in [0.25, 0.3) is 0 Å². The molecule has 0 saturated heterocycles. The Labute approximate surface area is 445 Å². The number of carbonyl (C=O) groups excluding carboxylic acids is 3. The first-order chi connectivity index (χ1) is 35.5. The number of carbonyl (C=O) groups is 3. The van der Waals surface area contributed by atoms with Gasteiger partial charge in [-0.2, -0.15) is 0 Å². The van der Waals surface area contributed by atoms with Crippen LogP contribution in [0.15, 0.2) is 85.1 Å². The SMILES string of the molecule is CC/C=C\C/C=C\C/C=C\C/C=C\C/C=C\C/C=C\CCCCCCC(=O)OCC(COC(=O)CCCCCCC/C=C\CCCCC)OC(=O)CCCCCCCCCCCCCCCCCCCCC. The Balaban J connectivity index is 4.37. The van der Waals surface area contributed by atoms with Crippen LogP contribution in [0.2, 0.25) is 0 Å². The lowest BCUT2D eigenvalue weighted by molar-refractivity contribution is -0.167. The van der Waals surface area contributed by atoms with Crippen molar-refractivity contribution in [3.05, 3.63) is 85.1 Å². The number of hydrogen-bond donors (Lipinski definition) is 0. The highest BCUT2D eigenvalue weighted by Gasteiger charge is 2.19. The standard InChI is InChI=1S/C66H114O6/c1-4-7-10-13-16-19-22-25-27-29-31-32-33-34-36-37-39-41-44-47-50-53-56-59-65(68)71-62-63(61-70-64(67)58-55-52-49-46-43-24-21-18-15-12-9-6-3)72-66(69)60-57-54-51-48-45-42-40-38-35-30-28-26-23-20-17-14-11-8-5-2/h7,10,16,18-19,21,25,27,31-32,34,36,39,41,63H,4-6,8-9,11-15,17,20,22-24,26,28-30,33,35,37-38,40,42-62H2,1-3H3/b10-7-,19-16-,21-18-,27-25-,32-31-,36-34-,41-39-. The zero-order valence-corrected chi connectivity index (χ0v) is 47.4. The fourth-order valence-electron chi connectivity index (χ4n) is 8.56. The van der Waals surface area contributed by atoms with Crippen molar-refractivity contribution in [2.24, 2.45) is 0 Å². The molecule has 0 saturated carbocycles. The largest absolute Gasteiger partial charge is 0.462 e. The van der Waals surface area contributed by atoms with E-state index in [2.05, 4.69) is 106 Å². The van der Waals surface area contributed by atoms with Gasteiger partial charge in [-0.25, -0.2) is 0 Å². The van der Waals surface area contributed by atoms with Gasteiger partial charge in [-0.3, -0.25) is 14.4 Å². The van der Waals surface area contributed by atoms with Gasteiger partial charge in [-0.1, -0.05) is 266 Å². The lowest BCUT2D eigenvalue weighted by Crippen LogP contribution is -2.30. The van der Waals surface area contributed by atoms with E-state index >= 15 is 0 Å². The first-order valence-corrected chi connectivity index (χ1v) is 30.6. The maximum atomic E-state index is 12.9. The third-order valence-electron chi connectivity index (χ3n) is 13.1. The Kier molecular flexibility index (Phi) is 57.3. The second kappa shape index (κ2) is 60.1. The van der Waals surface area contributed by atoms with Crippen LogP contribution < -0.4 is 0 Å². The van der Waals surface area contributed by atoms with Crippen molar-refractivity contribution in [3.8, 4) is 0 Å². The van der Waals surface area contributed by atoms with Gasteiger partial charge in [0, 0.05) is 19.3 Å². The summed E-state index contributed by atoms with van der Waals surface area (Å²) in [6, 6.07) is 0. The molecule has 0 fully saturated rings. The Morgan fingerprint density at radius 2 is 0.542 bits per heavy atom. The molecule has 0 aliphatic heterocycles. The van der Waals surface area contributed by atoms with Crippen molar-refractivity contribution in [2.45, 2.75) is 303 Å². The fourth-order valence-corrected chi connectivity index (χ4v) is 8.56. The average Bonchev–Trinajstić information content (AvgIpc) is 3.38. The van der Waals surface area contributed by atoms with Crippen LogP contribution in [0.1, 0.15) is 297 Å². The molecule has 0 radical (unpaired) electrons. The molecule has 0 amide bonds. The second-order valence-corrected chi connectivity index (χ2v) is 20.2. The van der Waals surface area contributed by atoms with Crippen LogP contribution in [0.3, 0.4) is 0 Å². The summed E-state index contributed by atoms with van der Waals surface area (Å²) in [4.78, 5) is 38.2. The predicted molar refractivity (Wildman–Crippen MR) is 311 cm³/mol. The summed E-state index contributed by atoms with van der Waals surface area (Å²) in [5, 5.41) is 0. The summed E-state index contributed by atoms with van der Waals surface area (Å²) in [6.45, 7) is 6.50. The van der Waals surface area contributed by atoms with Crippen molar-refractivity contribution < 1.29 is 28.6 Å². The molecule has 0 aromatic rings. The van der Waals surface area contributed by atoms with Crippen LogP contribution in [0.5, 0.6) is 0 Å². The van der Waals surface area contributed by atoms with Crippen LogP contribution in [0, 0.1) is 0 Å². The van der Waals surface area contributed by atoms with Gasteiger partial charge in [0.05, 0.1) is 0 Å². The van der Waals surface area contributed by atoms with Gasteiger partial charge in [0.15, 0.2) is 6.10 Å². The highest BCUT2D eigenvalue weighted by atomic mass is 16.6. The quantitative estimate of drug-likeness (QED) is 0.0261. The van der Waals surface area contributed by atoms with Crippen molar-refractivity contribution in [3.63, 3.8) is 0 Å². The zero-order chi connectivity index (χ0) is 52.2. The van der Waals surface area contributed by atoms with Gasteiger partial charge in [-0.05, 0) is 96.3 Å². The molecule has 6 heteroatoms. The highest BCUT2D eigenvalue weighted by molar-refractivity contribution is 5.71. The molecule has 0 aliphatic rings. The molecule has 414 valence electrons. The number of hydrogen-bond acceptors (Lipinski definition) is 6. The highest BCUT2D eigenvalue weighted by Crippen LogP contribution is 2.16. The van der Waals surface area contributed by atoms with E-state index in [9.17, 15) is 14.4 Å². The number of allylic oxidation sites excluding steroid dienone is 14. The third kappa shape index (κ3) is 57.5. The minimum atomic E-state index is -0.790. The summed E-state index contributed by atoms with van der Waals surface area (Å²) in [5.41, 5.74) is 0. The lowest BCUT2D eigenvalue weighted by atomic mass is 10.0. The summed E-state index contributed by atoms with van der Waals surface area (Å²) < 4.78 is 16.9. The van der Waals surface area contributed by atoms with E-state index in [4.69, 9.17) is 14.2 Å². The van der Waals surface area contributed by atoms with Crippen LogP contribution in [0.4, 0.5) is 0 Å². The Hall–Kier alpha value is -3.41. The summed E-state index contributed by atoms with van der Waals surface area (Å²) in [7, 11) is 0. The van der Waals surface area contributed by atoms with E-state index in [0.717, 1.165) is 116 Å². The molecular weight excluding hydrogens is 889 g/mol. The molecule has 0 aromatic carbocycles. The van der Waals surface area contributed by atoms with E-state index in [1.807, 2.05) is 0 Å². The minimum absolute atomic E-state index is 0.0871. The van der Waals surface area contributed by atoms with E-state index < -0.39 is 6.10 Å². The molecule has 0 bridgehead atoms. The lowest BCUT2D eigenvalue weighted by Gasteiger charge is -2.18. The minimum Gasteiger partial charge on any atom is -0.462 e. The molecule has 0 rings (SSSR count). The summed E-state index contributed by atoms with van der Waals surface area (Å²) in [5.74, 6) is -0.910. The third-order valence-corrected chi connectivity index (χ3v) is 13.1. The first kappa shape index (κ1) is 68.6. The molecule has 0 aromatic heterocycles. The predicted octanol–water partition coefficient (Wildman–Crippen LogP) is 20.7. The maximum absolute atomic E-state index is 12.9. The first-order valence-electron chi connectivity index (χ1n) is 30.6. The number of esters is 3. The van der Waals surface area contributed by atoms with Crippen molar-refractivity contribution >= 4 is 17.9 Å². The Morgan fingerprint density at radius 1 is 0.292 bits per heavy atom. The smallest absolute Gasteiger partial charge is 0.306 e. The Bertz CT molecular complexity index is 1380. The Morgan fingerprint density at radius 3 is 0.889 bits per heavy atom. The van der Waals surface area contributed by atoms with Gasteiger partial charge in [-0.15, -0.1) is 0 Å². The van der Waals surface area contributed by atoms with E-state index in [1.165, 1.54) is 141 Å². The van der Waals surface area contributed by atoms with Gasteiger partial charge in [0.25, 0.3) is 0 Å². The maximum Gasteiger partial charge on any atom is 0.306 e. The normalized spacial score (nSPS) is 12.7. The van der Waals surface area contributed by atoms with Crippen LogP contribution in [-0.2, 0) is 28.6 Å². The van der Waals surface area contributed by atoms with E-state index in [-0.39, 0.29) is 31.1 Å². The second-order valence-electron chi connectivity index (χ2n) is 20.2. The fraction of sp³-hybridized carbons (Fsp3) is 0.742. The monoisotopic (exact) mass is 1000 g/mol. The summed E-state index contributed by atoms with van der Waals surface area (Å²) >= 11 is 0. The van der Waals surface area contributed by atoms with Crippen LogP contribution >= 0.6 is 0 Å². The van der Waals surface area contributed by atoms with Crippen LogP contribution in [-0.4, -0.2) is 37.2 Å². The molecule has 6 nitrogen and oxygen atoms in total. The molecule has 0 N–H and O–H groups in total. The van der Waals surface area contributed by atoms with Crippen molar-refractivity contribution in [1.82, 2.24) is 0 Å². The van der Waals surface area contributed by atoms with E-state index in [0.29, 0.717) is 19.3 Å². The number of ether oxygens (including phenoxy) is 3. The number of unbranched alkanes of at least 4 members (excludes halogenated alkanes) is 30. The average molecular weight is 1000 g/mol.